The van der Waals surface area contributed by atoms with Crippen molar-refractivity contribution in [2.24, 2.45) is 0 Å². The Kier molecular flexibility index (Phi) is 6.05. The molecule has 1 amide bonds. The maximum Gasteiger partial charge on any atom is 0.238 e. The van der Waals surface area contributed by atoms with Gasteiger partial charge in [-0.25, -0.2) is 0 Å². The van der Waals surface area contributed by atoms with Crippen LogP contribution in [0.5, 0.6) is 0 Å². The maximum absolute atomic E-state index is 11.8. The number of halogens is 2. The second kappa shape index (κ2) is 8.03. The van der Waals surface area contributed by atoms with Crippen LogP contribution in [0.4, 0.5) is 5.69 Å². The number of anilines is 1. The molecule has 3 nitrogen and oxygen atoms in total. The van der Waals surface area contributed by atoms with Crippen LogP contribution in [0.1, 0.15) is 5.56 Å². The van der Waals surface area contributed by atoms with E-state index in [9.17, 15) is 4.79 Å². The summed E-state index contributed by atoms with van der Waals surface area (Å²) in [6.45, 7) is 0.969. The minimum absolute atomic E-state index is 0.0941. The molecule has 2 aromatic rings. The van der Waals surface area contributed by atoms with Crippen molar-refractivity contribution < 1.29 is 4.79 Å². The minimum Gasteiger partial charge on any atom is -0.325 e. The molecule has 21 heavy (non-hydrogen) atoms. The fourth-order valence-electron chi connectivity index (χ4n) is 1.90. The summed E-state index contributed by atoms with van der Waals surface area (Å²) in [5.74, 6) is -0.0941. The van der Waals surface area contributed by atoms with Crippen LogP contribution in [-0.4, -0.2) is 19.0 Å². The number of hydrogen-bond donors (Lipinski definition) is 2. The number of nitrogens with one attached hydrogen (secondary N) is 2. The zero-order valence-electron chi connectivity index (χ0n) is 11.4. The first-order chi connectivity index (χ1) is 10.1. The monoisotopic (exact) mass is 322 g/mol. The number of benzene rings is 2. The summed E-state index contributed by atoms with van der Waals surface area (Å²) in [7, 11) is 0. The zero-order chi connectivity index (χ0) is 15.1. The summed E-state index contributed by atoms with van der Waals surface area (Å²) in [6.07, 6.45) is 0.824. The predicted molar refractivity (Wildman–Crippen MR) is 88.1 cm³/mol. The van der Waals surface area contributed by atoms with Gasteiger partial charge in [0, 0.05) is 15.7 Å². The highest BCUT2D eigenvalue weighted by Gasteiger charge is 2.02. The molecule has 5 heteroatoms. The number of rotatable bonds is 6. The molecule has 0 aliphatic rings. The van der Waals surface area contributed by atoms with Crippen molar-refractivity contribution in [3.8, 4) is 0 Å². The third-order valence-corrected chi connectivity index (χ3v) is 3.34. The van der Waals surface area contributed by atoms with Gasteiger partial charge in [-0.15, -0.1) is 0 Å². The van der Waals surface area contributed by atoms with Gasteiger partial charge in [0.15, 0.2) is 0 Å². The highest BCUT2D eigenvalue weighted by molar-refractivity contribution is 6.31. The molecule has 0 saturated carbocycles. The lowest BCUT2D eigenvalue weighted by Gasteiger charge is -2.07. The van der Waals surface area contributed by atoms with Crippen LogP contribution in [0, 0.1) is 0 Å². The van der Waals surface area contributed by atoms with Gasteiger partial charge in [0.25, 0.3) is 0 Å². The number of amides is 1. The number of hydrogen-bond acceptors (Lipinski definition) is 2. The third kappa shape index (κ3) is 5.76. The summed E-state index contributed by atoms with van der Waals surface area (Å²) >= 11 is 11.8. The first kappa shape index (κ1) is 15.8. The van der Waals surface area contributed by atoms with E-state index >= 15 is 0 Å². The summed E-state index contributed by atoms with van der Waals surface area (Å²) in [4.78, 5) is 11.8. The van der Waals surface area contributed by atoms with Crippen molar-refractivity contribution in [3.05, 3.63) is 64.1 Å². The molecule has 2 rings (SSSR count). The summed E-state index contributed by atoms with van der Waals surface area (Å²) in [5.41, 5.74) is 1.84. The maximum atomic E-state index is 11.8. The van der Waals surface area contributed by atoms with Gasteiger partial charge in [0.05, 0.1) is 6.54 Å². The van der Waals surface area contributed by atoms with Crippen LogP contribution in [0.15, 0.2) is 48.5 Å². The van der Waals surface area contributed by atoms with Crippen LogP contribution in [-0.2, 0) is 11.2 Å². The topological polar surface area (TPSA) is 41.1 Å². The molecule has 0 fully saturated rings. The SMILES string of the molecule is O=C(CNCCc1cccc(Cl)c1)Nc1cccc(Cl)c1. The quantitative estimate of drug-likeness (QED) is 0.795. The third-order valence-electron chi connectivity index (χ3n) is 2.87. The first-order valence-electron chi connectivity index (χ1n) is 6.64. The Balaban J connectivity index is 1.70. The van der Waals surface area contributed by atoms with E-state index in [0.29, 0.717) is 17.3 Å². The molecule has 0 radical (unpaired) electrons. The molecule has 110 valence electrons. The van der Waals surface area contributed by atoms with E-state index in [0.717, 1.165) is 17.0 Å². The standard InChI is InChI=1S/C16H16Cl2N2O/c17-13-4-1-3-12(9-13)7-8-19-11-16(21)20-15-6-2-5-14(18)10-15/h1-6,9-10,19H,7-8,11H2,(H,20,21). The van der Waals surface area contributed by atoms with Gasteiger partial charge in [0.1, 0.15) is 0 Å². The molecule has 0 heterocycles. The Hall–Kier alpha value is -1.55. The lowest BCUT2D eigenvalue weighted by Crippen LogP contribution is -2.29. The van der Waals surface area contributed by atoms with E-state index in [1.54, 1.807) is 24.3 Å². The summed E-state index contributed by atoms with van der Waals surface area (Å²) in [5, 5.41) is 7.21. The summed E-state index contributed by atoms with van der Waals surface area (Å²) in [6, 6.07) is 14.8. The van der Waals surface area contributed by atoms with E-state index in [2.05, 4.69) is 10.6 Å². The van der Waals surface area contributed by atoms with Gasteiger partial charge in [-0.1, -0.05) is 41.4 Å². The van der Waals surface area contributed by atoms with Gasteiger partial charge in [-0.2, -0.15) is 0 Å². The van der Waals surface area contributed by atoms with Gasteiger partial charge in [0.2, 0.25) is 5.91 Å². The average Bonchev–Trinajstić information content (AvgIpc) is 2.44. The smallest absolute Gasteiger partial charge is 0.238 e. The molecule has 2 N–H and O–H groups in total. The van der Waals surface area contributed by atoms with Crippen molar-refractivity contribution in [3.63, 3.8) is 0 Å². The molecule has 2 aromatic carbocycles. The predicted octanol–water partition coefficient (Wildman–Crippen LogP) is 3.76. The van der Waals surface area contributed by atoms with Crippen molar-refractivity contribution in [2.45, 2.75) is 6.42 Å². The molecule has 0 aromatic heterocycles. The van der Waals surface area contributed by atoms with E-state index < -0.39 is 0 Å². The Labute approximate surface area is 134 Å². The molecular formula is C16H16Cl2N2O. The van der Waals surface area contributed by atoms with Crippen molar-refractivity contribution >= 4 is 34.8 Å². The Morgan fingerprint density at radius 2 is 1.71 bits per heavy atom. The van der Waals surface area contributed by atoms with E-state index in [1.807, 2.05) is 24.3 Å². The minimum atomic E-state index is -0.0941. The second-order valence-corrected chi connectivity index (χ2v) is 5.49. The van der Waals surface area contributed by atoms with Gasteiger partial charge in [-0.3, -0.25) is 4.79 Å². The molecule has 0 atom stereocenters. The van der Waals surface area contributed by atoms with Crippen LogP contribution in [0.2, 0.25) is 10.0 Å². The van der Waals surface area contributed by atoms with Crippen LogP contribution in [0.25, 0.3) is 0 Å². The summed E-state index contributed by atoms with van der Waals surface area (Å²) < 4.78 is 0. The number of carbonyl (C=O) groups is 1. The van der Waals surface area contributed by atoms with Crippen molar-refractivity contribution in [1.29, 1.82) is 0 Å². The molecule has 0 aliphatic heterocycles. The zero-order valence-corrected chi connectivity index (χ0v) is 12.9. The molecule has 0 spiro atoms. The molecular weight excluding hydrogens is 307 g/mol. The largest absolute Gasteiger partial charge is 0.325 e. The fraction of sp³-hybridized carbons (Fsp3) is 0.188. The average molecular weight is 323 g/mol. The van der Waals surface area contributed by atoms with Gasteiger partial charge in [-0.05, 0) is 48.9 Å². The second-order valence-electron chi connectivity index (χ2n) is 4.62. The van der Waals surface area contributed by atoms with Crippen molar-refractivity contribution in [2.75, 3.05) is 18.4 Å². The van der Waals surface area contributed by atoms with Gasteiger partial charge < -0.3 is 10.6 Å². The van der Waals surface area contributed by atoms with E-state index in [4.69, 9.17) is 23.2 Å². The Morgan fingerprint density at radius 1 is 1.00 bits per heavy atom. The normalized spacial score (nSPS) is 10.4. The lowest BCUT2D eigenvalue weighted by atomic mass is 10.1. The molecule has 0 unspecified atom stereocenters. The number of carbonyl (C=O) groups excluding carboxylic acids is 1. The molecule has 0 aliphatic carbocycles. The first-order valence-corrected chi connectivity index (χ1v) is 7.39. The highest BCUT2D eigenvalue weighted by Crippen LogP contribution is 2.14. The van der Waals surface area contributed by atoms with Crippen molar-refractivity contribution in [1.82, 2.24) is 5.32 Å². The van der Waals surface area contributed by atoms with Crippen LogP contribution in [0.3, 0.4) is 0 Å². The van der Waals surface area contributed by atoms with Crippen LogP contribution < -0.4 is 10.6 Å². The Bertz CT molecular complexity index is 617. The van der Waals surface area contributed by atoms with Crippen LogP contribution >= 0.6 is 23.2 Å². The van der Waals surface area contributed by atoms with E-state index in [-0.39, 0.29) is 12.5 Å². The molecule has 0 bridgehead atoms. The molecule has 0 saturated heterocycles. The van der Waals surface area contributed by atoms with E-state index in [1.165, 1.54) is 0 Å². The Morgan fingerprint density at radius 3 is 2.43 bits per heavy atom. The van der Waals surface area contributed by atoms with Gasteiger partial charge >= 0.3 is 0 Å². The lowest BCUT2D eigenvalue weighted by molar-refractivity contribution is -0.115. The highest BCUT2D eigenvalue weighted by atomic mass is 35.5. The fourth-order valence-corrected chi connectivity index (χ4v) is 2.30.